The molecule has 0 fully saturated rings. The summed E-state index contributed by atoms with van der Waals surface area (Å²) in [5.41, 5.74) is 5.22. The fraction of sp³-hybridized carbons (Fsp3) is 0.395. The van der Waals surface area contributed by atoms with Crippen molar-refractivity contribution < 1.29 is 23.7 Å². The van der Waals surface area contributed by atoms with Gasteiger partial charge in [-0.1, -0.05) is 75.7 Å². The van der Waals surface area contributed by atoms with Crippen molar-refractivity contribution in [1.29, 1.82) is 0 Å². The van der Waals surface area contributed by atoms with Crippen molar-refractivity contribution in [3.8, 4) is 39.5 Å². The summed E-state index contributed by atoms with van der Waals surface area (Å²) in [7, 11) is -1.04. The van der Waals surface area contributed by atoms with Gasteiger partial charge in [0.25, 0.3) is 0 Å². The molecule has 4 aromatic heterocycles. The van der Waals surface area contributed by atoms with E-state index >= 15 is 0 Å². The lowest BCUT2D eigenvalue weighted by atomic mass is 10.1. The Kier molecular flexibility index (Phi) is 12.2. The zero-order valence-electron chi connectivity index (χ0n) is 34.6. The molecule has 2 aromatic carbocycles. The van der Waals surface area contributed by atoms with Crippen LogP contribution in [0.25, 0.3) is 50.3 Å². The first kappa shape index (κ1) is 40.8. The second-order valence-electron chi connectivity index (χ2n) is 17.6. The molecular weight excluding hydrogens is 737 g/mol. The third-order valence-corrected chi connectivity index (χ3v) is 12.7. The summed E-state index contributed by atoms with van der Waals surface area (Å²) in [6.45, 7) is 21.5. The number of hydrogen-bond donors (Lipinski definition) is 0. The van der Waals surface area contributed by atoms with E-state index in [-0.39, 0.29) is 13.5 Å². The standard InChI is InChI=1S/C43H56N6O5Si2/c1-43(2,3)54-42(50)48-38-19-17-34(51-4)24-33(38)25-39(48)37-26-40(47(29-52-20-22-55(5,6)7)30-53-21-23-56(8,9)10)49-41(46-37)35(28-45-49)32-16-18-36(44-27-32)31-14-12-11-13-15-31/h11-19,24-28H,20-23,29-30H2,1-10H3. The Morgan fingerprint density at radius 3 is 2.05 bits per heavy atom. The minimum Gasteiger partial charge on any atom is -0.497 e. The van der Waals surface area contributed by atoms with Gasteiger partial charge in [-0.25, -0.2) is 14.3 Å². The fourth-order valence-electron chi connectivity index (χ4n) is 6.13. The van der Waals surface area contributed by atoms with Gasteiger partial charge in [-0.15, -0.1) is 0 Å². The van der Waals surface area contributed by atoms with Crippen LogP contribution in [0.3, 0.4) is 0 Å². The lowest BCUT2D eigenvalue weighted by molar-refractivity contribution is 0.0547. The second kappa shape index (κ2) is 16.7. The van der Waals surface area contributed by atoms with E-state index in [4.69, 9.17) is 34.0 Å². The van der Waals surface area contributed by atoms with E-state index in [1.165, 1.54) is 0 Å². The van der Waals surface area contributed by atoms with Crippen LogP contribution in [0.15, 0.2) is 85.2 Å². The molecule has 0 spiro atoms. The number of benzene rings is 2. The van der Waals surface area contributed by atoms with Crippen LogP contribution in [0, 0.1) is 0 Å². The Labute approximate surface area is 332 Å². The topological polar surface area (TPSA) is 105 Å². The molecule has 0 atom stereocenters. The molecule has 4 heterocycles. The van der Waals surface area contributed by atoms with Gasteiger partial charge in [0.1, 0.15) is 30.6 Å². The van der Waals surface area contributed by atoms with Crippen molar-refractivity contribution in [1.82, 2.24) is 24.1 Å². The summed E-state index contributed by atoms with van der Waals surface area (Å²) in [4.78, 5) is 26.2. The summed E-state index contributed by atoms with van der Waals surface area (Å²) >= 11 is 0. The highest BCUT2D eigenvalue weighted by molar-refractivity contribution is 6.76. The smallest absolute Gasteiger partial charge is 0.419 e. The van der Waals surface area contributed by atoms with Crippen LogP contribution >= 0.6 is 0 Å². The van der Waals surface area contributed by atoms with Gasteiger partial charge in [0.2, 0.25) is 0 Å². The largest absolute Gasteiger partial charge is 0.497 e. The fourth-order valence-corrected chi connectivity index (χ4v) is 7.64. The predicted molar refractivity (Wildman–Crippen MR) is 231 cm³/mol. The monoisotopic (exact) mass is 792 g/mol. The molecule has 6 rings (SSSR count). The number of carbonyl (C=O) groups excluding carboxylic acids is 1. The second-order valence-corrected chi connectivity index (χ2v) is 28.8. The first-order valence-electron chi connectivity index (χ1n) is 19.2. The van der Waals surface area contributed by atoms with Crippen molar-refractivity contribution in [2.45, 2.75) is 77.7 Å². The first-order chi connectivity index (χ1) is 26.5. The number of methoxy groups -OCH3 is 1. The minimum absolute atomic E-state index is 0.282. The third kappa shape index (κ3) is 10.1. The average Bonchev–Trinajstić information content (AvgIpc) is 3.74. The zero-order valence-corrected chi connectivity index (χ0v) is 36.6. The Morgan fingerprint density at radius 2 is 1.46 bits per heavy atom. The Balaban J connectivity index is 1.53. The lowest BCUT2D eigenvalue weighted by Crippen LogP contribution is -2.33. The van der Waals surface area contributed by atoms with Crippen molar-refractivity contribution >= 4 is 44.6 Å². The summed E-state index contributed by atoms with van der Waals surface area (Å²) in [6, 6.07) is 25.7. The van der Waals surface area contributed by atoms with Crippen LogP contribution in [0.4, 0.5) is 10.6 Å². The summed E-state index contributed by atoms with van der Waals surface area (Å²) in [6.07, 6.45) is 3.17. The predicted octanol–water partition coefficient (Wildman–Crippen LogP) is 10.3. The quantitative estimate of drug-likeness (QED) is 0.0571. The molecule has 0 radical (unpaired) electrons. The van der Waals surface area contributed by atoms with E-state index < -0.39 is 27.8 Å². The molecule has 0 amide bonds. The number of fused-ring (bicyclic) bond motifs is 2. The van der Waals surface area contributed by atoms with Crippen LogP contribution in [-0.4, -0.2) is 85.8 Å². The van der Waals surface area contributed by atoms with Gasteiger partial charge in [0.05, 0.1) is 35.9 Å². The van der Waals surface area contributed by atoms with Crippen molar-refractivity contribution in [3.05, 3.63) is 85.2 Å². The normalized spacial score (nSPS) is 12.4. The van der Waals surface area contributed by atoms with E-state index in [2.05, 4.69) is 44.2 Å². The Hall–Kier alpha value is -4.83. The van der Waals surface area contributed by atoms with Gasteiger partial charge in [-0.2, -0.15) is 9.61 Å². The van der Waals surface area contributed by atoms with Crippen molar-refractivity contribution in [2.24, 2.45) is 0 Å². The average molecular weight is 793 g/mol. The van der Waals surface area contributed by atoms with Gasteiger partial charge in [-0.05, 0) is 63.2 Å². The maximum absolute atomic E-state index is 14.1. The van der Waals surface area contributed by atoms with Crippen molar-refractivity contribution in [2.75, 3.05) is 38.7 Å². The molecule has 0 saturated carbocycles. The Bertz CT molecular complexity index is 2250. The molecule has 0 aliphatic heterocycles. The molecule has 56 heavy (non-hydrogen) atoms. The number of anilines is 1. The number of hydrogen-bond acceptors (Lipinski definition) is 9. The lowest BCUT2D eigenvalue weighted by Gasteiger charge is -2.27. The highest BCUT2D eigenvalue weighted by atomic mass is 28.3. The summed E-state index contributed by atoms with van der Waals surface area (Å²) in [5, 5.41) is 5.72. The van der Waals surface area contributed by atoms with Gasteiger partial charge < -0.3 is 23.8 Å². The molecule has 296 valence electrons. The SMILES string of the molecule is COc1ccc2c(c1)cc(-c1cc(N(COCC[Si](C)(C)C)COCC[Si](C)(C)C)n3ncc(-c4ccc(-c5ccccc5)nc4)c3n1)n2C(=O)OC(C)(C)C. The highest BCUT2D eigenvalue weighted by Gasteiger charge is 2.27. The number of ether oxygens (including phenoxy) is 4. The van der Waals surface area contributed by atoms with E-state index in [9.17, 15) is 4.79 Å². The first-order valence-corrected chi connectivity index (χ1v) is 26.7. The maximum atomic E-state index is 14.1. The molecule has 0 unspecified atom stereocenters. The molecule has 13 heteroatoms. The van der Waals surface area contributed by atoms with Gasteiger partial charge in [0.15, 0.2) is 5.65 Å². The molecule has 11 nitrogen and oxygen atoms in total. The molecule has 6 aromatic rings. The number of rotatable bonds is 15. The maximum Gasteiger partial charge on any atom is 0.419 e. The van der Waals surface area contributed by atoms with E-state index in [0.29, 0.717) is 47.3 Å². The zero-order chi connectivity index (χ0) is 40.3. The van der Waals surface area contributed by atoms with E-state index in [1.807, 2.05) is 110 Å². The Morgan fingerprint density at radius 1 is 0.786 bits per heavy atom. The van der Waals surface area contributed by atoms with Crippen LogP contribution in [0.2, 0.25) is 51.4 Å². The highest BCUT2D eigenvalue weighted by Crippen LogP contribution is 2.35. The van der Waals surface area contributed by atoms with Crippen LogP contribution < -0.4 is 9.64 Å². The van der Waals surface area contributed by atoms with E-state index in [0.717, 1.165) is 39.9 Å². The van der Waals surface area contributed by atoms with Crippen LogP contribution in [0.1, 0.15) is 20.8 Å². The molecule has 0 aliphatic rings. The molecule has 0 saturated heterocycles. The summed E-state index contributed by atoms with van der Waals surface area (Å²) in [5.74, 6) is 1.39. The number of aromatic nitrogens is 5. The number of pyridine rings is 1. The molecule has 0 N–H and O–H groups in total. The number of nitrogens with zero attached hydrogens (tertiary/aromatic N) is 6. The van der Waals surface area contributed by atoms with Crippen LogP contribution in [0.5, 0.6) is 5.75 Å². The van der Waals surface area contributed by atoms with Crippen molar-refractivity contribution in [3.63, 3.8) is 0 Å². The minimum atomic E-state index is -1.33. The summed E-state index contributed by atoms with van der Waals surface area (Å²) < 4.78 is 27.7. The molecular formula is C43H56N6O5Si2. The molecule has 0 bridgehead atoms. The van der Waals surface area contributed by atoms with Gasteiger partial charge in [0, 0.05) is 63.7 Å². The van der Waals surface area contributed by atoms with Crippen LogP contribution in [-0.2, 0) is 14.2 Å². The van der Waals surface area contributed by atoms with Gasteiger partial charge >= 0.3 is 6.09 Å². The van der Waals surface area contributed by atoms with E-state index in [1.54, 1.807) is 11.7 Å². The number of carbonyl (C=O) groups is 1. The van der Waals surface area contributed by atoms with Gasteiger partial charge in [-0.3, -0.25) is 4.98 Å². The third-order valence-electron chi connectivity index (χ3n) is 9.26. The molecule has 0 aliphatic carbocycles.